The van der Waals surface area contributed by atoms with Crippen molar-refractivity contribution in [1.82, 2.24) is 10.2 Å². The summed E-state index contributed by atoms with van der Waals surface area (Å²) in [7, 11) is 0. The van der Waals surface area contributed by atoms with Crippen molar-refractivity contribution in [3.63, 3.8) is 0 Å². The first-order chi connectivity index (χ1) is 10.2. The number of nitrogens with one attached hydrogen (secondary N) is 1. The Balaban J connectivity index is 2.18. The van der Waals surface area contributed by atoms with E-state index in [2.05, 4.69) is 24.1 Å². The summed E-state index contributed by atoms with van der Waals surface area (Å²) < 4.78 is 0. The largest absolute Gasteiger partial charge is 0.352 e. The van der Waals surface area contributed by atoms with Crippen LogP contribution in [-0.4, -0.2) is 37.0 Å². The zero-order valence-electron chi connectivity index (χ0n) is 13.2. The summed E-state index contributed by atoms with van der Waals surface area (Å²) in [6, 6.07) is 6.98. The minimum atomic E-state index is -0.0226. The van der Waals surface area contributed by atoms with Gasteiger partial charge in [-0.2, -0.15) is 0 Å². The van der Waals surface area contributed by atoms with Gasteiger partial charge in [0.15, 0.2) is 0 Å². The molecule has 0 aromatic heterocycles. The van der Waals surface area contributed by atoms with Gasteiger partial charge in [-0.15, -0.1) is 0 Å². The van der Waals surface area contributed by atoms with Crippen LogP contribution in [0.2, 0.25) is 5.02 Å². The van der Waals surface area contributed by atoms with Crippen LogP contribution in [0, 0.1) is 0 Å². The SMILES string of the molecule is CCCN(CCC)CCCCNC(=O)c1ccc(Cl)cc1. The molecule has 21 heavy (non-hydrogen) atoms. The second-order valence-electron chi connectivity index (χ2n) is 5.31. The first-order valence-electron chi connectivity index (χ1n) is 7.93. The Bertz CT molecular complexity index is 400. The summed E-state index contributed by atoms with van der Waals surface area (Å²) in [5.41, 5.74) is 0.665. The minimum absolute atomic E-state index is 0.0226. The number of benzene rings is 1. The number of carbonyl (C=O) groups is 1. The maximum atomic E-state index is 11.9. The number of hydrogen-bond donors (Lipinski definition) is 1. The molecule has 0 fully saturated rings. The van der Waals surface area contributed by atoms with Gasteiger partial charge in [-0.1, -0.05) is 25.4 Å². The van der Waals surface area contributed by atoms with E-state index in [4.69, 9.17) is 11.6 Å². The molecule has 4 heteroatoms. The van der Waals surface area contributed by atoms with Crippen LogP contribution in [0.3, 0.4) is 0 Å². The van der Waals surface area contributed by atoms with E-state index in [-0.39, 0.29) is 5.91 Å². The van der Waals surface area contributed by atoms with Gasteiger partial charge in [0.25, 0.3) is 5.91 Å². The molecule has 0 atom stereocenters. The van der Waals surface area contributed by atoms with Crippen molar-refractivity contribution >= 4 is 17.5 Å². The first-order valence-corrected chi connectivity index (χ1v) is 8.31. The summed E-state index contributed by atoms with van der Waals surface area (Å²) in [6.07, 6.45) is 4.55. The Hall–Kier alpha value is -1.06. The average Bonchev–Trinajstić information content (AvgIpc) is 2.47. The molecule has 0 saturated heterocycles. The quantitative estimate of drug-likeness (QED) is 0.663. The second kappa shape index (κ2) is 10.6. The molecule has 118 valence electrons. The van der Waals surface area contributed by atoms with Crippen LogP contribution in [0.5, 0.6) is 0 Å². The Labute approximate surface area is 133 Å². The van der Waals surface area contributed by atoms with Gasteiger partial charge in [-0.3, -0.25) is 4.79 Å². The van der Waals surface area contributed by atoms with Gasteiger partial charge in [0.05, 0.1) is 0 Å². The van der Waals surface area contributed by atoms with Crippen LogP contribution < -0.4 is 5.32 Å². The topological polar surface area (TPSA) is 32.3 Å². The lowest BCUT2D eigenvalue weighted by Crippen LogP contribution is -2.28. The number of amides is 1. The molecule has 0 heterocycles. The minimum Gasteiger partial charge on any atom is -0.352 e. The summed E-state index contributed by atoms with van der Waals surface area (Å²) in [5.74, 6) is -0.0226. The van der Waals surface area contributed by atoms with Crippen molar-refractivity contribution in [2.75, 3.05) is 26.2 Å². The molecular weight excluding hydrogens is 284 g/mol. The summed E-state index contributed by atoms with van der Waals surface area (Å²) in [4.78, 5) is 14.4. The predicted octanol–water partition coefficient (Wildman–Crippen LogP) is 3.97. The molecule has 1 aromatic carbocycles. The fourth-order valence-electron chi connectivity index (χ4n) is 2.33. The lowest BCUT2D eigenvalue weighted by atomic mass is 10.2. The van der Waals surface area contributed by atoms with E-state index in [1.54, 1.807) is 24.3 Å². The van der Waals surface area contributed by atoms with Crippen molar-refractivity contribution < 1.29 is 4.79 Å². The molecule has 0 saturated carbocycles. The van der Waals surface area contributed by atoms with Gasteiger partial charge >= 0.3 is 0 Å². The molecule has 1 rings (SSSR count). The van der Waals surface area contributed by atoms with E-state index in [1.807, 2.05) is 0 Å². The van der Waals surface area contributed by atoms with Gasteiger partial charge in [-0.25, -0.2) is 0 Å². The van der Waals surface area contributed by atoms with Crippen LogP contribution >= 0.6 is 11.6 Å². The van der Waals surface area contributed by atoms with E-state index in [0.29, 0.717) is 10.6 Å². The number of hydrogen-bond acceptors (Lipinski definition) is 2. The first kappa shape index (κ1) is 18.0. The van der Waals surface area contributed by atoms with Crippen LogP contribution in [0.4, 0.5) is 0 Å². The van der Waals surface area contributed by atoms with Gasteiger partial charge < -0.3 is 10.2 Å². The highest BCUT2D eigenvalue weighted by molar-refractivity contribution is 6.30. The molecule has 1 aromatic rings. The van der Waals surface area contributed by atoms with Crippen molar-refractivity contribution in [2.45, 2.75) is 39.5 Å². The normalized spacial score (nSPS) is 10.9. The van der Waals surface area contributed by atoms with Crippen molar-refractivity contribution in [3.05, 3.63) is 34.9 Å². The maximum absolute atomic E-state index is 11.9. The van der Waals surface area contributed by atoms with Crippen LogP contribution in [0.1, 0.15) is 49.9 Å². The summed E-state index contributed by atoms with van der Waals surface area (Å²) in [5, 5.41) is 3.61. The molecular formula is C17H27ClN2O. The van der Waals surface area contributed by atoms with Crippen LogP contribution in [-0.2, 0) is 0 Å². The Morgan fingerprint density at radius 1 is 1.05 bits per heavy atom. The molecule has 1 amide bonds. The zero-order chi connectivity index (χ0) is 15.5. The number of unbranched alkanes of at least 4 members (excludes halogenated alkanes) is 1. The monoisotopic (exact) mass is 310 g/mol. The standard InChI is InChI=1S/C17H27ClN2O/c1-3-12-20(13-4-2)14-6-5-11-19-17(21)15-7-9-16(18)10-8-15/h7-10H,3-6,11-14H2,1-2H3,(H,19,21). The predicted molar refractivity (Wildman–Crippen MR) is 90.0 cm³/mol. The molecule has 0 spiro atoms. The summed E-state index contributed by atoms with van der Waals surface area (Å²) >= 11 is 5.81. The fourth-order valence-corrected chi connectivity index (χ4v) is 2.46. The maximum Gasteiger partial charge on any atom is 0.251 e. The van der Waals surface area contributed by atoms with Crippen molar-refractivity contribution in [1.29, 1.82) is 0 Å². The Morgan fingerprint density at radius 3 is 2.24 bits per heavy atom. The Morgan fingerprint density at radius 2 is 1.67 bits per heavy atom. The lowest BCUT2D eigenvalue weighted by molar-refractivity contribution is 0.0952. The van der Waals surface area contributed by atoms with E-state index in [0.717, 1.165) is 25.9 Å². The molecule has 0 radical (unpaired) electrons. The molecule has 0 aliphatic rings. The van der Waals surface area contributed by atoms with Gasteiger partial charge in [0.2, 0.25) is 0 Å². The molecule has 0 aliphatic heterocycles. The molecule has 0 aliphatic carbocycles. The van der Waals surface area contributed by atoms with Gasteiger partial charge in [0, 0.05) is 17.1 Å². The van der Waals surface area contributed by atoms with E-state index < -0.39 is 0 Å². The summed E-state index contributed by atoms with van der Waals surface area (Å²) in [6.45, 7) is 8.63. The second-order valence-corrected chi connectivity index (χ2v) is 5.75. The lowest BCUT2D eigenvalue weighted by Gasteiger charge is -2.20. The third-order valence-electron chi connectivity index (χ3n) is 3.37. The smallest absolute Gasteiger partial charge is 0.251 e. The highest BCUT2D eigenvalue weighted by Gasteiger charge is 2.05. The Kier molecular flexibility index (Phi) is 9.11. The fraction of sp³-hybridized carbons (Fsp3) is 0.588. The number of halogens is 1. The van der Waals surface area contributed by atoms with E-state index in [1.165, 1.54) is 25.9 Å². The van der Waals surface area contributed by atoms with Crippen molar-refractivity contribution in [3.8, 4) is 0 Å². The number of rotatable bonds is 10. The van der Waals surface area contributed by atoms with Crippen molar-refractivity contribution in [2.24, 2.45) is 0 Å². The van der Waals surface area contributed by atoms with E-state index in [9.17, 15) is 4.79 Å². The molecule has 0 unspecified atom stereocenters. The van der Waals surface area contributed by atoms with Crippen LogP contribution in [0.25, 0.3) is 0 Å². The molecule has 0 bridgehead atoms. The highest BCUT2D eigenvalue weighted by Crippen LogP contribution is 2.09. The van der Waals surface area contributed by atoms with Crippen LogP contribution in [0.15, 0.2) is 24.3 Å². The third kappa shape index (κ3) is 7.49. The molecule has 3 nitrogen and oxygen atoms in total. The highest BCUT2D eigenvalue weighted by atomic mass is 35.5. The molecule has 1 N–H and O–H groups in total. The zero-order valence-corrected chi connectivity index (χ0v) is 14.0. The average molecular weight is 311 g/mol. The van der Waals surface area contributed by atoms with Gasteiger partial charge in [-0.05, 0) is 69.6 Å². The number of nitrogens with zero attached hydrogens (tertiary/aromatic N) is 1. The van der Waals surface area contributed by atoms with Gasteiger partial charge in [0.1, 0.15) is 0 Å². The number of carbonyl (C=O) groups excluding carboxylic acids is 1. The van der Waals surface area contributed by atoms with E-state index >= 15 is 0 Å². The third-order valence-corrected chi connectivity index (χ3v) is 3.62.